The maximum absolute atomic E-state index is 5.18. The maximum Gasteiger partial charge on any atom is 0.146 e. The molecule has 0 aliphatic carbocycles. The SMILES string of the molecule is CCOCCOCCOCOC. The molecule has 0 amide bonds. The Labute approximate surface area is 73.7 Å². The van der Waals surface area contributed by atoms with Gasteiger partial charge < -0.3 is 18.9 Å². The van der Waals surface area contributed by atoms with E-state index in [9.17, 15) is 0 Å². The summed E-state index contributed by atoms with van der Waals surface area (Å²) in [5, 5.41) is 0. The van der Waals surface area contributed by atoms with Crippen LogP contribution in [0.15, 0.2) is 0 Å². The van der Waals surface area contributed by atoms with Crippen LogP contribution in [0.2, 0.25) is 0 Å². The summed E-state index contributed by atoms with van der Waals surface area (Å²) in [6.45, 7) is 5.47. The summed E-state index contributed by atoms with van der Waals surface area (Å²) in [7, 11) is 1.59. The average molecular weight is 178 g/mol. The van der Waals surface area contributed by atoms with E-state index in [0.717, 1.165) is 6.61 Å². The summed E-state index contributed by atoms with van der Waals surface area (Å²) in [5.74, 6) is 0. The first kappa shape index (κ1) is 11.8. The lowest BCUT2D eigenvalue weighted by Gasteiger charge is -2.04. The van der Waals surface area contributed by atoms with Crippen molar-refractivity contribution >= 4 is 0 Å². The van der Waals surface area contributed by atoms with Crippen molar-refractivity contribution in [1.29, 1.82) is 0 Å². The number of rotatable bonds is 9. The summed E-state index contributed by atoms with van der Waals surface area (Å²) in [4.78, 5) is 0. The minimum atomic E-state index is 0.328. The zero-order valence-electron chi connectivity index (χ0n) is 7.88. The van der Waals surface area contributed by atoms with Crippen molar-refractivity contribution in [2.24, 2.45) is 0 Å². The van der Waals surface area contributed by atoms with E-state index in [1.165, 1.54) is 0 Å². The molecule has 0 bridgehead atoms. The molecule has 12 heavy (non-hydrogen) atoms. The highest BCUT2D eigenvalue weighted by atomic mass is 16.7. The van der Waals surface area contributed by atoms with E-state index in [-0.39, 0.29) is 0 Å². The molecule has 0 radical (unpaired) electrons. The largest absolute Gasteiger partial charge is 0.379 e. The molecule has 0 unspecified atom stereocenters. The van der Waals surface area contributed by atoms with E-state index in [0.29, 0.717) is 33.2 Å². The monoisotopic (exact) mass is 178 g/mol. The van der Waals surface area contributed by atoms with E-state index in [2.05, 4.69) is 4.74 Å². The molecule has 0 saturated heterocycles. The van der Waals surface area contributed by atoms with Crippen molar-refractivity contribution in [3.63, 3.8) is 0 Å². The first-order chi connectivity index (χ1) is 5.91. The lowest BCUT2D eigenvalue weighted by atomic mass is 10.7. The average Bonchev–Trinajstić information content (AvgIpc) is 2.10. The van der Waals surface area contributed by atoms with Gasteiger partial charge >= 0.3 is 0 Å². The van der Waals surface area contributed by atoms with Gasteiger partial charge in [0.15, 0.2) is 0 Å². The van der Waals surface area contributed by atoms with Crippen molar-refractivity contribution in [3.8, 4) is 0 Å². The fraction of sp³-hybridized carbons (Fsp3) is 1.00. The van der Waals surface area contributed by atoms with Crippen molar-refractivity contribution in [3.05, 3.63) is 0 Å². The second-order valence-electron chi connectivity index (χ2n) is 2.12. The molecule has 0 heterocycles. The summed E-state index contributed by atoms with van der Waals surface area (Å²) >= 11 is 0. The van der Waals surface area contributed by atoms with Crippen LogP contribution in [-0.4, -0.2) is 46.9 Å². The smallest absolute Gasteiger partial charge is 0.146 e. The fourth-order valence-corrected chi connectivity index (χ4v) is 0.624. The van der Waals surface area contributed by atoms with Gasteiger partial charge in [0, 0.05) is 13.7 Å². The Balaban J connectivity index is 2.73. The Hall–Kier alpha value is -0.160. The Morgan fingerprint density at radius 1 is 0.833 bits per heavy atom. The van der Waals surface area contributed by atoms with E-state index in [1.54, 1.807) is 7.11 Å². The van der Waals surface area contributed by atoms with Crippen LogP contribution >= 0.6 is 0 Å². The molecule has 0 saturated carbocycles. The predicted molar refractivity (Wildman–Crippen MR) is 45.1 cm³/mol. The Morgan fingerprint density at radius 2 is 1.42 bits per heavy atom. The first-order valence-electron chi connectivity index (χ1n) is 4.14. The zero-order chi connectivity index (χ0) is 9.07. The third kappa shape index (κ3) is 9.84. The highest BCUT2D eigenvalue weighted by Crippen LogP contribution is 1.80. The predicted octanol–water partition coefficient (Wildman–Crippen LogP) is 0.660. The van der Waals surface area contributed by atoms with Crippen LogP contribution in [0.3, 0.4) is 0 Å². The molecule has 0 N–H and O–H groups in total. The molecule has 0 fully saturated rings. The first-order valence-corrected chi connectivity index (χ1v) is 4.14. The third-order valence-electron chi connectivity index (χ3n) is 1.15. The lowest BCUT2D eigenvalue weighted by Crippen LogP contribution is -2.10. The van der Waals surface area contributed by atoms with Crippen LogP contribution < -0.4 is 0 Å². The highest BCUT2D eigenvalue weighted by molar-refractivity contribution is 4.30. The van der Waals surface area contributed by atoms with E-state index >= 15 is 0 Å². The van der Waals surface area contributed by atoms with Crippen LogP contribution in [0.4, 0.5) is 0 Å². The van der Waals surface area contributed by atoms with Crippen LogP contribution in [-0.2, 0) is 18.9 Å². The second kappa shape index (κ2) is 10.8. The molecule has 0 aromatic rings. The molecular weight excluding hydrogens is 160 g/mol. The Bertz CT molecular complexity index is 67.5. The van der Waals surface area contributed by atoms with Crippen LogP contribution in [0.5, 0.6) is 0 Å². The van der Waals surface area contributed by atoms with Crippen LogP contribution in [0.1, 0.15) is 6.92 Å². The highest BCUT2D eigenvalue weighted by Gasteiger charge is 1.88. The van der Waals surface area contributed by atoms with Gasteiger partial charge in [-0.15, -0.1) is 0 Å². The van der Waals surface area contributed by atoms with Crippen molar-refractivity contribution < 1.29 is 18.9 Å². The van der Waals surface area contributed by atoms with Crippen molar-refractivity contribution in [1.82, 2.24) is 0 Å². The fourth-order valence-electron chi connectivity index (χ4n) is 0.624. The van der Waals surface area contributed by atoms with E-state index in [4.69, 9.17) is 14.2 Å². The van der Waals surface area contributed by atoms with Crippen LogP contribution in [0, 0.1) is 0 Å². The normalized spacial score (nSPS) is 10.5. The van der Waals surface area contributed by atoms with E-state index in [1.807, 2.05) is 6.92 Å². The number of hydrogen-bond donors (Lipinski definition) is 0. The lowest BCUT2D eigenvalue weighted by molar-refractivity contribution is -0.0550. The number of methoxy groups -OCH3 is 1. The molecule has 0 rings (SSSR count). The molecule has 0 aromatic heterocycles. The van der Waals surface area contributed by atoms with Gasteiger partial charge in [-0.2, -0.15) is 0 Å². The minimum Gasteiger partial charge on any atom is -0.379 e. The summed E-state index contributed by atoms with van der Waals surface area (Å²) in [6, 6.07) is 0. The van der Waals surface area contributed by atoms with Crippen LogP contribution in [0.25, 0.3) is 0 Å². The molecule has 0 aliphatic rings. The molecule has 4 heteroatoms. The number of hydrogen-bond acceptors (Lipinski definition) is 4. The molecule has 74 valence electrons. The molecule has 0 spiro atoms. The molecule has 0 aliphatic heterocycles. The maximum atomic E-state index is 5.18. The quantitative estimate of drug-likeness (QED) is 0.384. The third-order valence-corrected chi connectivity index (χ3v) is 1.15. The topological polar surface area (TPSA) is 36.9 Å². The summed E-state index contributed by atoms with van der Waals surface area (Å²) in [6.07, 6.45) is 0. The van der Waals surface area contributed by atoms with Gasteiger partial charge in [0.25, 0.3) is 0 Å². The molecule has 4 nitrogen and oxygen atoms in total. The van der Waals surface area contributed by atoms with Gasteiger partial charge in [0.2, 0.25) is 0 Å². The van der Waals surface area contributed by atoms with Gasteiger partial charge in [-0.3, -0.25) is 0 Å². The zero-order valence-corrected chi connectivity index (χ0v) is 7.88. The summed E-state index contributed by atoms with van der Waals surface area (Å²) < 4.78 is 19.9. The molecular formula is C8H18O4. The van der Waals surface area contributed by atoms with Crippen molar-refractivity contribution in [2.75, 3.05) is 46.9 Å². The van der Waals surface area contributed by atoms with Gasteiger partial charge in [-0.05, 0) is 6.92 Å². The second-order valence-corrected chi connectivity index (χ2v) is 2.12. The van der Waals surface area contributed by atoms with Gasteiger partial charge in [-0.1, -0.05) is 0 Å². The van der Waals surface area contributed by atoms with Gasteiger partial charge in [-0.25, -0.2) is 0 Å². The number of ether oxygens (including phenoxy) is 4. The molecule has 0 atom stereocenters. The minimum absolute atomic E-state index is 0.328. The van der Waals surface area contributed by atoms with E-state index < -0.39 is 0 Å². The van der Waals surface area contributed by atoms with Gasteiger partial charge in [0.05, 0.1) is 26.4 Å². The van der Waals surface area contributed by atoms with Gasteiger partial charge in [0.1, 0.15) is 6.79 Å². The standard InChI is InChI=1S/C8H18O4/c1-3-10-4-5-11-6-7-12-8-9-2/h3-8H2,1-2H3. The van der Waals surface area contributed by atoms with Crippen molar-refractivity contribution in [2.45, 2.75) is 6.92 Å². The summed E-state index contributed by atoms with van der Waals surface area (Å²) in [5.41, 5.74) is 0. The molecule has 0 aromatic carbocycles. The Morgan fingerprint density at radius 3 is 2.00 bits per heavy atom. The Kier molecular flexibility index (Phi) is 10.7.